The highest BCUT2D eigenvalue weighted by molar-refractivity contribution is 6.07. The molecule has 9 heteroatoms. The van der Waals surface area contributed by atoms with Gasteiger partial charge in [-0.25, -0.2) is 9.18 Å². The molecule has 2 saturated heterocycles. The fraction of sp³-hybridized carbons (Fsp3) is 0.478. The van der Waals surface area contributed by atoms with Crippen LogP contribution in [0.2, 0.25) is 0 Å². The van der Waals surface area contributed by atoms with Gasteiger partial charge in [-0.2, -0.15) is 5.10 Å². The molecule has 2 aliphatic rings. The highest BCUT2D eigenvalue weighted by atomic mass is 19.1. The van der Waals surface area contributed by atoms with Gasteiger partial charge in [0.15, 0.2) is 0 Å². The summed E-state index contributed by atoms with van der Waals surface area (Å²) in [5, 5.41) is 7.18. The Labute approximate surface area is 186 Å². The van der Waals surface area contributed by atoms with Crippen LogP contribution in [0.25, 0.3) is 0 Å². The van der Waals surface area contributed by atoms with Crippen LogP contribution >= 0.6 is 0 Å². The molecule has 3 heterocycles. The van der Waals surface area contributed by atoms with Crippen LogP contribution in [0, 0.1) is 18.7 Å². The summed E-state index contributed by atoms with van der Waals surface area (Å²) in [6, 6.07) is 7.24. The maximum Gasteiger partial charge on any atom is 0.325 e. The van der Waals surface area contributed by atoms with Crippen LogP contribution in [-0.4, -0.2) is 56.1 Å². The van der Waals surface area contributed by atoms with Gasteiger partial charge >= 0.3 is 6.03 Å². The number of benzene rings is 1. The third-order valence-electron chi connectivity index (χ3n) is 6.55. The number of aromatic nitrogens is 2. The van der Waals surface area contributed by atoms with Crippen molar-refractivity contribution >= 4 is 17.8 Å². The van der Waals surface area contributed by atoms with Crippen molar-refractivity contribution in [2.75, 3.05) is 13.1 Å². The van der Waals surface area contributed by atoms with Crippen LogP contribution < -0.4 is 5.32 Å². The first-order valence-corrected chi connectivity index (χ1v) is 10.9. The predicted molar refractivity (Wildman–Crippen MR) is 115 cm³/mol. The number of aryl methyl sites for hydroxylation is 2. The Morgan fingerprint density at radius 3 is 2.50 bits per heavy atom. The first-order chi connectivity index (χ1) is 15.3. The quantitative estimate of drug-likeness (QED) is 0.698. The minimum atomic E-state index is -1.00. The topological polar surface area (TPSA) is 87.5 Å². The fourth-order valence-electron chi connectivity index (χ4n) is 4.57. The van der Waals surface area contributed by atoms with Crippen LogP contribution in [0.3, 0.4) is 0 Å². The lowest BCUT2D eigenvalue weighted by molar-refractivity contribution is -0.135. The number of hydrogen-bond acceptors (Lipinski definition) is 4. The zero-order chi connectivity index (χ0) is 22.9. The van der Waals surface area contributed by atoms with Crippen molar-refractivity contribution in [3.63, 3.8) is 0 Å². The predicted octanol–water partition coefficient (Wildman–Crippen LogP) is 2.47. The van der Waals surface area contributed by atoms with Crippen LogP contribution in [-0.2, 0) is 22.7 Å². The van der Waals surface area contributed by atoms with Gasteiger partial charge in [-0.1, -0.05) is 12.1 Å². The fourth-order valence-corrected chi connectivity index (χ4v) is 4.57. The third-order valence-corrected chi connectivity index (χ3v) is 6.55. The first kappa shape index (κ1) is 22.0. The maximum absolute atomic E-state index is 13.2. The molecule has 2 aromatic rings. The molecule has 2 aliphatic heterocycles. The van der Waals surface area contributed by atoms with E-state index in [-0.39, 0.29) is 30.1 Å². The van der Waals surface area contributed by atoms with E-state index < -0.39 is 11.6 Å². The Morgan fingerprint density at radius 1 is 1.19 bits per heavy atom. The van der Waals surface area contributed by atoms with Gasteiger partial charge in [-0.15, -0.1) is 0 Å². The molecule has 0 spiro atoms. The van der Waals surface area contributed by atoms with Gasteiger partial charge in [0.1, 0.15) is 11.4 Å². The molecular weight excluding hydrogens is 413 g/mol. The molecule has 1 aromatic carbocycles. The van der Waals surface area contributed by atoms with Gasteiger partial charge in [0.2, 0.25) is 5.91 Å². The number of carbonyl (C=O) groups excluding carboxylic acids is 3. The Kier molecular flexibility index (Phi) is 5.99. The molecule has 1 N–H and O–H groups in total. The highest BCUT2D eigenvalue weighted by Gasteiger charge is 2.52. The summed E-state index contributed by atoms with van der Waals surface area (Å²) in [7, 11) is 0. The summed E-state index contributed by atoms with van der Waals surface area (Å²) >= 11 is 0. The number of imide groups is 1. The maximum atomic E-state index is 13.2. The average molecular weight is 442 g/mol. The van der Waals surface area contributed by atoms with Crippen LogP contribution in [0.5, 0.6) is 0 Å². The number of likely N-dealkylation sites (tertiary alicyclic amines) is 1. The van der Waals surface area contributed by atoms with E-state index in [0.29, 0.717) is 44.5 Å². The molecule has 0 unspecified atom stereocenters. The van der Waals surface area contributed by atoms with E-state index in [1.165, 1.54) is 17.0 Å². The van der Waals surface area contributed by atoms with E-state index in [9.17, 15) is 18.8 Å². The number of piperidine rings is 1. The van der Waals surface area contributed by atoms with Crippen molar-refractivity contribution in [3.8, 4) is 0 Å². The molecule has 0 aliphatic carbocycles. The summed E-state index contributed by atoms with van der Waals surface area (Å²) in [5.41, 5.74) is 0.606. The smallest absolute Gasteiger partial charge is 0.325 e. The average Bonchev–Trinajstić information content (AvgIpc) is 3.30. The summed E-state index contributed by atoms with van der Waals surface area (Å²) < 4.78 is 14.9. The number of urea groups is 1. The Hall–Kier alpha value is -3.23. The summed E-state index contributed by atoms with van der Waals surface area (Å²) in [6.45, 7) is 5.42. The van der Waals surface area contributed by atoms with Crippen LogP contribution in [0.1, 0.15) is 37.4 Å². The number of carbonyl (C=O) groups is 3. The van der Waals surface area contributed by atoms with E-state index in [1.54, 1.807) is 23.7 Å². The monoisotopic (exact) mass is 441 g/mol. The Balaban J connectivity index is 1.33. The first-order valence-electron chi connectivity index (χ1n) is 10.9. The third kappa shape index (κ3) is 4.37. The number of nitrogens with one attached hydrogen (secondary N) is 1. The Morgan fingerprint density at radius 2 is 1.88 bits per heavy atom. The molecule has 0 saturated carbocycles. The van der Waals surface area contributed by atoms with Crippen molar-refractivity contribution in [2.45, 2.75) is 51.7 Å². The Bertz CT molecular complexity index is 1010. The van der Waals surface area contributed by atoms with Gasteiger partial charge in [0.05, 0.1) is 12.2 Å². The normalized spacial score (nSPS) is 21.8. The summed E-state index contributed by atoms with van der Waals surface area (Å²) in [4.78, 5) is 41.3. The minimum absolute atomic E-state index is 0.0602. The molecule has 170 valence electrons. The molecule has 1 atom stereocenters. The van der Waals surface area contributed by atoms with Crippen molar-refractivity contribution in [1.29, 1.82) is 0 Å². The lowest BCUT2D eigenvalue weighted by atomic mass is 9.79. The number of nitrogens with zero attached hydrogens (tertiary/aromatic N) is 4. The van der Waals surface area contributed by atoms with E-state index in [1.807, 2.05) is 24.1 Å². The second-order valence-electron chi connectivity index (χ2n) is 8.78. The molecule has 1 aromatic heterocycles. The lowest BCUT2D eigenvalue weighted by Crippen LogP contribution is -2.54. The molecule has 0 radical (unpaired) electrons. The van der Waals surface area contributed by atoms with Crippen molar-refractivity contribution in [2.24, 2.45) is 5.92 Å². The largest absolute Gasteiger partial charge is 0.343 e. The lowest BCUT2D eigenvalue weighted by Gasteiger charge is -2.39. The van der Waals surface area contributed by atoms with Gasteiger partial charge in [0, 0.05) is 32.3 Å². The van der Waals surface area contributed by atoms with E-state index in [0.717, 1.165) is 5.69 Å². The van der Waals surface area contributed by atoms with Gasteiger partial charge in [-0.05, 0) is 56.4 Å². The van der Waals surface area contributed by atoms with Crippen molar-refractivity contribution in [1.82, 2.24) is 24.9 Å². The molecule has 4 amide bonds. The van der Waals surface area contributed by atoms with Crippen molar-refractivity contribution < 1.29 is 18.8 Å². The van der Waals surface area contributed by atoms with Gasteiger partial charge in [0.25, 0.3) is 5.91 Å². The number of halogens is 1. The van der Waals surface area contributed by atoms with Gasteiger partial charge < -0.3 is 10.2 Å². The zero-order valence-corrected chi connectivity index (χ0v) is 18.4. The van der Waals surface area contributed by atoms with Crippen molar-refractivity contribution in [3.05, 3.63) is 53.6 Å². The molecule has 32 heavy (non-hydrogen) atoms. The molecule has 2 fully saturated rings. The molecule has 4 rings (SSSR count). The number of amides is 4. The minimum Gasteiger partial charge on any atom is -0.343 e. The van der Waals surface area contributed by atoms with E-state index in [2.05, 4.69) is 10.4 Å². The second kappa shape index (κ2) is 8.72. The van der Waals surface area contributed by atoms with Crippen LogP contribution in [0.15, 0.2) is 36.5 Å². The summed E-state index contributed by atoms with van der Waals surface area (Å²) in [6.07, 6.45) is 3.52. The van der Waals surface area contributed by atoms with Crippen LogP contribution in [0.4, 0.5) is 9.18 Å². The van der Waals surface area contributed by atoms with E-state index >= 15 is 0 Å². The SMILES string of the molecule is Cc1ccn(CCC(=O)N2CCC([C@@]3(C)NC(=O)N(Cc4ccc(F)cc4)C3=O)CC2)n1. The number of hydrogen-bond donors (Lipinski definition) is 1. The molecular formula is C23H28FN5O3. The van der Waals surface area contributed by atoms with Gasteiger partial charge in [-0.3, -0.25) is 19.2 Å². The standard InChI is InChI=1S/C23H28FN5O3/c1-16-7-13-28(26-16)14-10-20(30)27-11-8-18(9-12-27)23(2)21(31)29(22(32)25-23)15-17-3-5-19(24)6-4-17/h3-7,13,18H,8-12,14-15H2,1-2H3,(H,25,32)/t23-/m1/s1. The zero-order valence-electron chi connectivity index (χ0n) is 18.4. The second-order valence-corrected chi connectivity index (χ2v) is 8.78. The molecule has 0 bridgehead atoms. The highest BCUT2D eigenvalue weighted by Crippen LogP contribution is 2.34. The number of rotatable bonds is 6. The van der Waals surface area contributed by atoms with E-state index in [4.69, 9.17) is 0 Å². The summed E-state index contributed by atoms with van der Waals surface area (Å²) in [5.74, 6) is -0.626. The molecule has 8 nitrogen and oxygen atoms in total.